The summed E-state index contributed by atoms with van der Waals surface area (Å²) in [6.07, 6.45) is -3.87. The molecule has 104 valence electrons. The zero-order valence-corrected chi connectivity index (χ0v) is 11.6. The molecule has 0 bridgehead atoms. The summed E-state index contributed by atoms with van der Waals surface area (Å²) >= 11 is 0. The van der Waals surface area contributed by atoms with Gasteiger partial charge in [-0.25, -0.2) is 4.68 Å². The Hall–Kier alpha value is -1.02. The molecule has 1 rings (SSSR count). The molecule has 0 spiro atoms. The number of alkyl halides is 3. The number of rotatable bonds is 5. The van der Waals surface area contributed by atoms with E-state index >= 15 is 0 Å². The van der Waals surface area contributed by atoms with Gasteiger partial charge in [0.15, 0.2) is 11.4 Å². The Kier molecular flexibility index (Phi) is 4.44. The van der Waals surface area contributed by atoms with Crippen molar-refractivity contribution in [1.82, 2.24) is 9.78 Å². The summed E-state index contributed by atoms with van der Waals surface area (Å²) in [7, 11) is -1.27. The Balaban J connectivity index is 2.59. The minimum absolute atomic E-state index is 0.306. The normalized spacial score (nSPS) is 13.0. The molecule has 0 radical (unpaired) electrons. The smallest absolute Gasteiger partial charge is 0.436 e. The number of halogens is 3. The van der Waals surface area contributed by atoms with Crippen LogP contribution in [0.5, 0.6) is 5.75 Å². The third-order valence-electron chi connectivity index (χ3n) is 2.30. The lowest BCUT2D eigenvalue weighted by Gasteiger charge is -2.16. The second kappa shape index (κ2) is 5.31. The summed E-state index contributed by atoms with van der Waals surface area (Å²) in [5.74, 6) is -0.878. The molecule has 8 heteroatoms. The predicted molar refractivity (Wildman–Crippen MR) is 63.0 cm³/mol. The van der Waals surface area contributed by atoms with E-state index < -0.39 is 25.7 Å². The van der Waals surface area contributed by atoms with Gasteiger partial charge in [-0.3, -0.25) is 0 Å². The molecule has 0 unspecified atom stereocenters. The van der Waals surface area contributed by atoms with E-state index in [2.05, 4.69) is 24.7 Å². The van der Waals surface area contributed by atoms with Crippen LogP contribution in [0.4, 0.5) is 13.2 Å². The molecule has 1 aromatic rings. The van der Waals surface area contributed by atoms with Crippen molar-refractivity contribution in [3.63, 3.8) is 0 Å². The molecule has 0 aliphatic carbocycles. The standard InChI is InChI=1S/C10H17F3N2O2Si/c1-18(2,3)5-4-17-7-15-9(10(11,12)13)8(16)6-14-15/h6,16H,4-5,7H2,1-3H3. The van der Waals surface area contributed by atoms with Crippen LogP contribution in [0, 0.1) is 0 Å². The topological polar surface area (TPSA) is 47.3 Å². The van der Waals surface area contributed by atoms with Crippen LogP contribution in [0.1, 0.15) is 5.69 Å². The third-order valence-corrected chi connectivity index (χ3v) is 4.00. The highest BCUT2D eigenvalue weighted by molar-refractivity contribution is 6.76. The fourth-order valence-electron chi connectivity index (χ4n) is 1.29. The zero-order chi connectivity index (χ0) is 14.0. The van der Waals surface area contributed by atoms with Gasteiger partial charge in [-0.1, -0.05) is 19.6 Å². The van der Waals surface area contributed by atoms with Gasteiger partial charge in [-0.15, -0.1) is 0 Å². The molecule has 0 aliphatic rings. The van der Waals surface area contributed by atoms with E-state index in [9.17, 15) is 13.2 Å². The molecule has 0 saturated carbocycles. The minimum Gasteiger partial charge on any atom is -0.504 e. The van der Waals surface area contributed by atoms with Gasteiger partial charge in [0.05, 0.1) is 6.20 Å². The fourth-order valence-corrected chi connectivity index (χ4v) is 2.05. The molecule has 0 fully saturated rings. The quantitative estimate of drug-likeness (QED) is 0.667. The first kappa shape index (κ1) is 15.0. The summed E-state index contributed by atoms with van der Waals surface area (Å²) in [6.45, 7) is 6.54. The average Bonchev–Trinajstić information content (AvgIpc) is 2.52. The Morgan fingerprint density at radius 3 is 2.50 bits per heavy atom. The van der Waals surface area contributed by atoms with Gasteiger partial charge >= 0.3 is 6.18 Å². The molecule has 0 aliphatic heterocycles. The number of aromatic nitrogens is 2. The number of hydrogen-bond acceptors (Lipinski definition) is 3. The van der Waals surface area contributed by atoms with Gasteiger partial charge in [0, 0.05) is 14.7 Å². The van der Waals surface area contributed by atoms with E-state index in [-0.39, 0.29) is 6.73 Å². The van der Waals surface area contributed by atoms with E-state index in [0.717, 1.165) is 12.2 Å². The van der Waals surface area contributed by atoms with Crippen LogP contribution in [-0.2, 0) is 17.6 Å². The molecule has 1 N–H and O–H groups in total. The number of ether oxygens (including phenoxy) is 1. The summed E-state index contributed by atoms with van der Waals surface area (Å²) in [5.41, 5.74) is -1.17. The first-order chi connectivity index (χ1) is 8.11. The molecule has 1 aromatic heterocycles. The monoisotopic (exact) mass is 282 g/mol. The number of hydrogen-bond donors (Lipinski definition) is 1. The molecule has 18 heavy (non-hydrogen) atoms. The van der Waals surface area contributed by atoms with Gasteiger partial charge in [0.2, 0.25) is 0 Å². The first-order valence-electron chi connectivity index (χ1n) is 5.51. The van der Waals surface area contributed by atoms with E-state index in [4.69, 9.17) is 9.84 Å². The molecule has 0 atom stereocenters. The van der Waals surface area contributed by atoms with Crippen LogP contribution >= 0.6 is 0 Å². The highest BCUT2D eigenvalue weighted by Gasteiger charge is 2.38. The Bertz CT molecular complexity index is 399. The predicted octanol–water partition coefficient (Wildman–Crippen LogP) is 2.92. The summed E-state index contributed by atoms with van der Waals surface area (Å²) in [4.78, 5) is 0. The molecular weight excluding hydrogens is 265 g/mol. The zero-order valence-electron chi connectivity index (χ0n) is 10.6. The van der Waals surface area contributed by atoms with Crippen LogP contribution in [0.2, 0.25) is 25.7 Å². The van der Waals surface area contributed by atoms with E-state index in [1.54, 1.807) is 0 Å². The highest BCUT2D eigenvalue weighted by atomic mass is 28.3. The first-order valence-corrected chi connectivity index (χ1v) is 9.22. The van der Waals surface area contributed by atoms with Gasteiger partial charge < -0.3 is 9.84 Å². The molecule has 0 aromatic carbocycles. The second-order valence-electron chi connectivity index (χ2n) is 5.22. The Labute approximate surface area is 104 Å². The van der Waals surface area contributed by atoms with Crippen LogP contribution in [0.25, 0.3) is 0 Å². The Morgan fingerprint density at radius 1 is 1.39 bits per heavy atom. The maximum Gasteiger partial charge on any atom is 0.436 e. The van der Waals surface area contributed by atoms with Gasteiger partial charge in [0.25, 0.3) is 0 Å². The maximum absolute atomic E-state index is 12.6. The van der Waals surface area contributed by atoms with Crippen molar-refractivity contribution in [2.75, 3.05) is 6.61 Å². The average molecular weight is 282 g/mol. The van der Waals surface area contributed by atoms with Crippen molar-refractivity contribution < 1.29 is 23.0 Å². The van der Waals surface area contributed by atoms with Crippen LogP contribution in [-0.4, -0.2) is 29.6 Å². The largest absolute Gasteiger partial charge is 0.504 e. The van der Waals surface area contributed by atoms with E-state index in [0.29, 0.717) is 11.3 Å². The van der Waals surface area contributed by atoms with Crippen molar-refractivity contribution in [2.45, 2.75) is 38.6 Å². The van der Waals surface area contributed by atoms with Gasteiger partial charge in [-0.2, -0.15) is 18.3 Å². The summed E-state index contributed by atoms with van der Waals surface area (Å²) < 4.78 is 43.5. The third kappa shape index (κ3) is 4.34. The van der Waals surface area contributed by atoms with Crippen LogP contribution in [0.3, 0.4) is 0 Å². The number of aromatic hydroxyl groups is 1. The Morgan fingerprint density at radius 2 is 2.00 bits per heavy atom. The molecule has 4 nitrogen and oxygen atoms in total. The van der Waals surface area contributed by atoms with Gasteiger partial charge in [0.1, 0.15) is 6.73 Å². The lowest BCUT2D eigenvalue weighted by molar-refractivity contribution is -0.148. The fraction of sp³-hybridized carbons (Fsp3) is 0.700. The number of nitrogens with zero attached hydrogens (tertiary/aromatic N) is 2. The molecule has 1 heterocycles. The van der Waals surface area contributed by atoms with Crippen molar-refractivity contribution in [3.8, 4) is 5.75 Å². The van der Waals surface area contributed by atoms with Crippen molar-refractivity contribution >= 4 is 8.07 Å². The van der Waals surface area contributed by atoms with Crippen LogP contribution < -0.4 is 0 Å². The van der Waals surface area contributed by atoms with Crippen molar-refractivity contribution in [2.24, 2.45) is 0 Å². The summed E-state index contributed by atoms with van der Waals surface area (Å²) in [6, 6.07) is 0.863. The highest BCUT2D eigenvalue weighted by Crippen LogP contribution is 2.35. The maximum atomic E-state index is 12.6. The molecule has 0 saturated heterocycles. The minimum atomic E-state index is -4.64. The second-order valence-corrected chi connectivity index (χ2v) is 10.8. The van der Waals surface area contributed by atoms with Crippen molar-refractivity contribution in [3.05, 3.63) is 11.9 Å². The van der Waals surface area contributed by atoms with E-state index in [1.807, 2.05) is 0 Å². The lowest BCUT2D eigenvalue weighted by Crippen LogP contribution is -2.23. The van der Waals surface area contributed by atoms with Gasteiger partial charge in [-0.05, 0) is 6.04 Å². The SMILES string of the molecule is C[Si](C)(C)CCOCn1ncc(O)c1C(F)(F)F. The van der Waals surface area contributed by atoms with Crippen molar-refractivity contribution in [1.29, 1.82) is 0 Å². The summed E-state index contributed by atoms with van der Waals surface area (Å²) in [5, 5.41) is 12.5. The van der Waals surface area contributed by atoms with Crippen LogP contribution in [0.15, 0.2) is 6.20 Å². The molecular formula is C10H17F3N2O2Si. The van der Waals surface area contributed by atoms with E-state index in [1.165, 1.54) is 0 Å². The molecule has 0 amide bonds. The lowest BCUT2D eigenvalue weighted by atomic mass is 10.4.